The van der Waals surface area contributed by atoms with E-state index in [9.17, 15) is 4.79 Å². The maximum absolute atomic E-state index is 10.8. The highest BCUT2D eigenvalue weighted by atomic mass is 32.2. The highest BCUT2D eigenvalue weighted by Crippen LogP contribution is 2.40. The van der Waals surface area contributed by atoms with Gasteiger partial charge in [-0.2, -0.15) is 0 Å². The normalized spacial score (nSPS) is 24.6. The molecule has 1 aliphatic rings. The molecule has 3 N–H and O–H groups in total. The van der Waals surface area contributed by atoms with Crippen LogP contribution in [0.3, 0.4) is 0 Å². The van der Waals surface area contributed by atoms with E-state index in [0.717, 1.165) is 22.6 Å². The highest BCUT2D eigenvalue weighted by molar-refractivity contribution is 7.99. The van der Waals surface area contributed by atoms with E-state index < -0.39 is 11.5 Å². The lowest BCUT2D eigenvalue weighted by molar-refractivity contribution is -0.138. The van der Waals surface area contributed by atoms with Crippen LogP contribution >= 0.6 is 11.8 Å². The first-order valence-electron chi connectivity index (χ1n) is 4.85. The van der Waals surface area contributed by atoms with Crippen LogP contribution in [0, 0.1) is 0 Å². The molecule has 0 aliphatic carbocycles. The van der Waals surface area contributed by atoms with Crippen molar-refractivity contribution in [2.75, 3.05) is 5.75 Å². The van der Waals surface area contributed by atoms with Crippen molar-refractivity contribution in [2.45, 2.75) is 23.3 Å². The van der Waals surface area contributed by atoms with E-state index in [4.69, 9.17) is 10.8 Å². The fourth-order valence-electron chi connectivity index (χ4n) is 1.94. The Morgan fingerprint density at radius 1 is 1.53 bits per heavy atom. The summed E-state index contributed by atoms with van der Waals surface area (Å²) < 4.78 is 0. The fourth-order valence-corrected chi connectivity index (χ4v) is 3.22. The lowest BCUT2D eigenvalue weighted by atomic mass is 9.85. The number of benzene rings is 1. The molecule has 0 bridgehead atoms. The molecule has 0 amide bonds. The first-order chi connectivity index (χ1) is 7.12. The molecule has 0 saturated carbocycles. The molecule has 1 atom stereocenters. The summed E-state index contributed by atoms with van der Waals surface area (Å²) in [6.07, 6.45) is 0.728. The number of nitrogens with two attached hydrogens (primary N) is 1. The predicted octanol–water partition coefficient (Wildman–Crippen LogP) is 1.81. The summed E-state index contributed by atoms with van der Waals surface area (Å²) in [7, 11) is 0. The largest absolute Gasteiger partial charge is 0.481 e. The first kappa shape index (κ1) is 10.5. The zero-order chi connectivity index (χ0) is 10.9. The second kappa shape index (κ2) is 3.87. The number of hydrogen-bond acceptors (Lipinski definition) is 3. The molecule has 0 saturated heterocycles. The Kier molecular flexibility index (Phi) is 2.71. The summed E-state index contributed by atoms with van der Waals surface area (Å²) >= 11 is 1.75. The monoisotopic (exact) mass is 223 g/mol. The molecule has 0 radical (unpaired) electrons. The third-order valence-electron chi connectivity index (χ3n) is 2.70. The first-order valence-corrected chi connectivity index (χ1v) is 5.83. The minimum absolute atomic E-state index is 0.00454. The molecule has 0 fully saturated rings. The second-order valence-electron chi connectivity index (χ2n) is 3.82. The zero-order valence-corrected chi connectivity index (χ0v) is 9.09. The predicted molar refractivity (Wildman–Crippen MR) is 59.9 cm³/mol. The number of fused-ring (bicyclic) bond motifs is 1. The van der Waals surface area contributed by atoms with Gasteiger partial charge < -0.3 is 10.8 Å². The van der Waals surface area contributed by atoms with Crippen molar-refractivity contribution in [1.82, 2.24) is 0 Å². The molecule has 15 heavy (non-hydrogen) atoms. The summed E-state index contributed by atoms with van der Waals surface area (Å²) in [6.45, 7) is 0. The van der Waals surface area contributed by atoms with Crippen LogP contribution < -0.4 is 5.73 Å². The fraction of sp³-hybridized carbons (Fsp3) is 0.364. The number of carboxylic acid groups (broad SMARTS) is 1. The number of carbonyl (C=O) groups is 1. The maximum Gasteiger partial charge on any atom is 0.305 e. The van der Waals surface area contributed by atoms with Gasteiger partial charge in [0.15, 0.2) is 0 Å². The summed E-state index contributed by atoms with van der Waals surface area (Å²) in [5, 5.41) is 8.87. The van der Waals surface area contributed by atoms with Gasteiger partial charge >= 0.3 is 5.97 Å². The lowest BCUT2D eigenvalue weighted by Gasteiger charge is -2.34. The molecule has 1 aromatic carbocycles. The molecule has 0 spiro atoms. The van der Waals surface area contributed by atoms with E-state index in [1.54, 1.807) is 11.8 Å². The quantitative estimate of drug-likeness (QED) is 0.802. The van der Waals surface area contributed by atoms with Crippen molar-refractivity contribution >= 4 is 17.7 Å². The van der Waals surface area contributed by atoms with Crippen LogP contribution in [-0.2, 0) is 10.3 Å². The van der Waals surface area contributed by atoms with Crippen LogP contribution in [-0.4, -0.2) is 16.8 Å². The highest BCUT2D eigenvalue weighted by Gasteiger charge is 2.34. The molecule has 80 valence electrons. The van der Waals surface area contributed by atoms with Gasteiger partial charge in [0.05, 0.1) is 12.0 Å². The van der Waals surface area contributed by atoms with Crippen LogP contribution in [0.2, 0.25) is 0 Å². The Labute approximate surface area is 92.7 Å². The SMILES string of the molecule is NC1(CC(=O)O)CCSc2ccccc21. The van der Waals surface area contributed by atoms with Gasteiger partial charge in [-0.05, 0) is 18.1 Å². The topological polar surface area (TPSA) is 63.3 Å². The van der Waals surface area contributed by atoms with Crippen molar-refractivity contribution in [3.05, 3.63) is 29.8 Å². The molecule has 3 nitrogen and oxygen atoms in total. The summed E-state index contributed by atoms with van der Waals surface area (Å²) in [4.78, 5) is 11.9. The molecular weight excluding hydrogens is 210 g/mol. The molecule has 0 aromatic heterocycles. The number of thioether (sulfide) groups is 1. The number of carboxylic acids is 1. The third-order valence-corrected chi connectivity index (χ3v) is 3.77. The van der Waals surface area contributed by atoms with Gasteiger partial charge in [-0.15, -0.1) is 11.8 Å². The lowest BCUT2D eigenvalue weighted by Crippen LogP contribution is -2.41. The summed E-state index contributed by atoms with van der Waals surface area (Å²) in [6, 6.07) is 7.81. The second-order valence-corrected chi connectivity index (χ2v) is 4.96. The van der Waals surface area contributed by atoms with Crippen LogP contribution in [0.5, 0.6) is 0 Å². The summed E-state index contributed by atoms with van der Waals surface area (Å²) in [5.41, 5.74) is 6.47. The van der Waals surface area contributed by atoms with Gasteiger partial charge in [0.1, 0.15) is 0 Å². The number of aliphatic carboxylic acids is 1. The Morgan fingerprint density at radius 3 is 3.00 bits per heavy atom. The molecule has 1 heterocycles. The van der Waals surface area contributed by atoms with Crippen molar-refractivity contribution in [2.24, 2.45) is 5.73 Å². The van der Waals surface area contributed by atoms with Crippen LogP contribution in [0.4, 0.5) is 0 Å². The number of rotatable bonds is 2. The summed E-state index contributed by atoms with van der Waals surface area (Å²) in [5.74, 6) is 0.0556. The average molecular weight is 223 g/mol. The van der Waals surface area contributed by atoms with Crippen molar-refractivity contribution < 1.29 is 9.90 Å². The minimum Gasteiger partial charge on any atom is -0.481 e. The van der Waals surface area contributed by atoms with Crippen LogP contribution in [0.15, 0.2) is 29.2 Å². The molecule has 1 unspecified atom stereocenters. The standard InChI is InChI=1S/C11H13NO2S/c12-11(7-10(13)14)5-6-15-9-4-2-1-3-8(9)11/h1-4H,5-7,12H2,(H,13,14). The van der Waals surface area contributed by atoms with Crippen molar-refractivity contribution in [3.63, 3.8) is 0 Å². The molecular formula is C11H13NO2S. The van der Waals surface area contributed by atoms with Gasteiger partial charge in [-0.1, -0.05) is 18.2 Å². The van der Waals surface area contributed by atoms with Gasteiger partial charge in [0, 0.05) is 10.6 Å². The van der Waals surface area contributed by atoms with Gasteiger partial charge in [0.2, 0.25) is 0 Å². The number of hydrogen-bond donors (Lipinski definition) is 2. The van der Waals surface area contributed by atoms with Gasteiger partial charge in [-0.25, -0.2) is 0 Å². The Morgan fingerprint density at radius 2 is 2.27 bits per heavy atom. The minimum atomic E-state index is -0.834. The Bertz CT molecular complexity index is 394. The molecule has 4 heteroatoms. The molecule has 1 aromatic rings. The van der Waals surface area contributed by atoms with E-state index in [2.05, 4.69) is 0 Å². The Hall–Kier alpha value is -1.00. The van der Waals surface area contributed by atoms with E-state index in [1.807, 2.05) is 24.3 Å². The Balaban J connectivity index is 2.40. The third kappa shape index (κ3) is 2.01. The average Bonchev–Trinajstić information content (AvgIpc) is 2.17. The zero-order valence-electron chi connectivity index (χ0n) is 8.27. The van der Waals surface area contributed by atoms with Gasteiger partial charge in [0.25, 0.3) is 0 Å². The van der Waals surface area contributed by atoms with Crippen molar-refractivity contribution in [3.8, 4) is 0 Å². The molecule has 1 aliphatic heterocycles. The smallest absolute Gasteiger partial charge is 0.305 e. The van der Waals surface area contributed by atoms with E-state index >= 15 is 0 Å². The van der Waals surface area contributed by atoms with E-state index in [-0.39, 0.29) is 6.42 Å². The van der Waals surface area contributed by atoms with E-state index in [0.29, 0.717) is 0 Å². The maximum atomic E-state index is 10.8. The van der Waals surface area contributed by atoms with Crippen LogP contribution in [0.1, 0.15) is 18.4 Å². The van der Waals surface area contributed by atoms with Crippen molar-refractivity contribution in [1.29, 1.82) is 0 Å². The van der Waals surface area contributed by atoms with Crippen LogP contribution in [0.25, 0.3) is 0 Å². The van der Waals surface area contributed by atoms with E-state index in [1.165, 1.54) is 0 Å². The molecule has 2 rings (SSSR count). The van der Waals surface area contributed by atoms with Gasteiger partial charge in [-0.3, -0.25) is 4.79 Å².